The van der Waals surface area contributed by atoms with Gasteiger partial charge in [0.05, 0.1) is 6.07 Å². The maximum absolute atomic E-state index is 13.3. The maximum atomic E-state index is 13.3. The van der Waals surface area contributed by atoms with E-state index in [1.54, 1.807) is 0 Å². The zero-order chi connectivity index (χ0) is 14.7. The molecule has 0 aliphatic carbocycles. The Morgan fingerprint density at radius 1 is 1.11 bits per heavy atom. The zero-order valence-electron chi connectivity index (χ0n) is 8.93. The molecule has 0 aliphatic heterocycles. The SMILES string of the molecule is N#CCC(=O)Nc1c(F)c(F)c(C(=O)O)c(F)c1F. The van der Waals surface area contributed by atoms with E-state index in [2.05, 4.69) is 0 Å². The van der Waals surface area contributed by atoms with E-state index in [9.17, 15) is 27.2 Å². The monoisotopic (exact) mass is 276 g/mol. The molecule has 1 amide bonds. The Labute approximate surface area is 103 Å². The Bertz CT molecular complexity index is 581. The van der Waals surface area contributed by atoms with Gasteiger partial charge in [-0.1, -0.05) is 0 Å². The molecule has 0 fully saturated rings. The first-order valence-electron chi connectivity index (χ1n) is 4.57. The first-order chi connectivity index (χ1) is 8.81. The van der Waals surface area contributed by atoms with Crippen LogP contribution in [0.5, 0.6) is 0 Å². The standard InChI is InChI=1S/C10H4F4N2O3/c11-5-4(10(18)19)6(12)8(14)9(7(5)13)16-3(17)1-2-15/h1H2,(H,16,17)(H,18,19). The minimum Gasteiger partial charge on any atom is -0.477 e. The average molecular weight is 276 g/mol. The molecule has 0 bridgehead atoms. The van der Waals surface area contributed by atoms with E-state index < -0.39 is 52.8 Å². The Balaban J connectivity index is 3.41. The number of carboxylic acid groups (broad SMARTS) is 1. The van der Waals surface area contributed by atoms with Crippen molar-refractivity contribution >= 4 is 17.6 Å². The van der Waals surface area contributed by atoms with Gasteiger partial charge in [-0.15, -0.1) is 0 Å². The molecule has 9 heteroatoms. The Kier molecular flexibility index (Phi) is 4.06. The number of carbonyl (C=O) groups excluding carboxylic acids is 1. The van der Waals surface area contributed by atoms with Crippen LogP contribution < -0.4 is 5.32 Å². The third-order valence-corrected chi connectivity index (χ3v) is 1.98. The van der Waals surface area contributed by atoms with Crippen LogP contribution in [0.1, 0.15) is 16.8 Å². The quantitative estimate of drug-likeness (QED) is 0.650. The molecule has 1 rings (SSSR count). The number of rotatable bonds is 3. The lowest BCUT2D eigenvalue weighted by molar-refractivity contribution is -0.115. The lowest BCUT2D eigenvalue weighted by Crippen LogP contribution is -2.17. The molecule has 0 saturated heterocycles. The van der Waals surface area contributed by atoms with Crippen LogP contribution in [-0.2, 0) is 4.79 Å². The predicted octanol–water partition coefficient (Wildman–Crippen LogP) is 1.79. The molecule has 0 spiro atoms. The second-order valence-corrected chi connectivity index (χ2v) is 3.19. The van der Waals surface area contributed by atoms with Gasteiger partial charge in [0.2, 0.25) is 5.91 Å². The minimum absolute atomic E-state index is 0.803. The molecule has 5 nitrogen and oxygen atoms in total. The van der Waals surface area contributed by atoms with Crippen LogP contribution in [0.3, 0.4) is 0 Å². The number of hydrogen-bond acceptors (Lipinski definition) is 3. The summed E-state index contributed by atoms with van der Waals surface area (Å²) in [5.74, 6) is -11.9. The van der Waals surface area contributed by atoms with Crippen LogP contribution in [-0.4, -0.2) is 17.0 Å². The fourth-order valence-corrected chi connectivity index (χ4v) is 1.18. The first kappa shape index (κ1) is 14.4. The highest BCUT2D eigenvalue weighted by Gasteiger charge is 2.29. The molecular weight excluding hydrogens is 272 g/mol. The van der Waals surface area contributed by atoms with Crippen molar-refractivity contribution in [3.63, 3.8) is 0 Å². The van der Waals surface area contributed by atoms with Crippen molar-refractivity contribution in [2.45, 2.75) is 6.42 Å². The van der Waals surface area contributed by atoms with E-state index in [4.69, 9.17) is 10.4 Å². The summed E-state index contributed by atoms with van der Waals surface area (Å²) >= 11 is 0. The number of hydrogen-bond donors (Lipinski definition) is 2. The maximum Gasteiger partial charge on any atom is 0.341 e. The zero-order valence-corrected chi connectivity index (χ0v) is 8.93. The summed E-state index contributed by atoms with van der Waals surface area (Å²) in [7, 11) is 0. The topological polar surface area (TPSA) is 90.2 Å². The van der Waals surface area contributed by atoms with Gasteiger partial charge in [0, 0.05) is 0 Å². The number of carbonyl (C=O) groups is 2. The number of nitrogens with one attached hydrogen (secondary N) is 1. The van der Waals surface area contributed by atoms with Gasteiger partial charge >= 0.3 is 5.97 Å². The van der Waals surface area contributed by atoms with Crippen molar-refractivity contribution in [1.29, 1.82) is 5.26 Å². The van der Waals surface area contributed by atoms with Gasteiger partial charge in [-0.3, -0.25) is 4.79 Å². The number of carboxylic acids is 1. The van der Waals surface area contributed by atoms with Crippen molar-refractivity contribution in [2.75, 3.05) is 5.32 Å². The van der Waals surface area contributed by atoms with Crippen LogP contribution in [0.4, 0.5) is 23.2 Å². The lowest BCUT2D eigenvalue weighted by Gasteiger charge is -2.10. The Hall–Kier alpha value is -2.63. The van der Waals surface area contributed by atoms with E-state index in [0.29, 0.717) is 0 Å². The van der Waals surface area contributed by atoms with E-state index >= 15 is 0 Å². The van der Waals surface area contributed by atoms with Crippen molar-refractivity contribution in [1.82, 2.24) is 0 Å². The van der Waals surface area contributed by atoms with Gasteiger partial charge in [-0.25, -0.2) is 22.4 Å². The van der Waals surface area contributed by atoms with Gasteiger partial charge in [0.25, 0.3) is 0 Å². The number of halogens is 4. The van der Waals surface area contributed by atoms with Gasteiger partial charge in [-0.05, 0) is 0 Å². The van der Waals surface area contributed by atoms with Crippen molar-refractivity contribution < 1.29 is 32.3 Å². The molecule has 1 aromatic rings. The summed E-state index contributed by atoms with van der Waals surface area (Å²) in [5.41, 5.74) is -3.30. The van der Waals surface area contributed by atoms with Crippen molar-refractivity contribution in [3.05, 3.63) is 28.8 Å². The largest absolute Gasteiger partial charge is 0.477 e. The van der Waals surface area contributed by atoms with Gasteiger partial charge in [-0.2, -0.15) is 5.26 Å². The van der Waals surface area contributed by atoms with E-state index in [1.165, 1.54) is 11.4 Å². The normalized spacial score (nSPS) is 9.84. The second kappa shape index (κ2) is 5.34. The summed E-state index contributed by atoms with van der Waals surface area (Å²) in [6.07, 6.45) is -0.803. The fourth-order valence-electron chi connectivity index (χ4n) is 1.18. The summed E-state index contributed by atoms with van der Waals surface area (Å²) < 4.78 is 53.1. The van der Waals surface area contributed by atoms with E-state index in [0.717, 1.165) is 0 Å². The highest BCUT2D eigenvalue weighted by atomic mass is 19.2. The third kappa shape index (κ3) is 2.62. The molecule has 0 atom stereocenters. The minimum atomic E-state index is -2.21. The highest BCUT2D eigenvalue weighted by Crippen LogP contribution is 2.28. The van der Waals surface area contributed by atoms with Crippen LogP contribution >= 0.6 is 0 Å². The van der Waals surface area contributed by atoms with Crippen LogP contribution in [0, 0.1) is 34.6 Å². The van der Waals surface area contributed by atoms with Crippen molar-refractivity contribution in [2.24, 2.45) is 0 Å². The number of anilines is 1. The van der Waals surface area contributed by atoms with Crippen molar-refractivity contribution in [3.8, 4) is 6.07 Å². The molecular formula is C10H4F4N2O3. The molecule has 0 aliphatic rings. The predicted molar refractivity (Wildman–Crippen MR) is 52.1 cm³/mol. The first-order valence-corrected chi connectivity index (χ1v) is 4.57. The van der Waals surface area contributed by atoms with Gasteiger partial charge < -0.3 is 10.4 Å². The Morgan fingerprint density at radius 3 is 1.95 bits per heavy atom. The number of benzene rings is 1. The molecule has 0 radical (unpaired) electrons. The number of aromatic carboxylic acids is 1. The summed E-state index contributed by atoms with van der Waals surface area (Å²) in [6.45, 7) is 0. The molecule has 100 valence electrons. The molecule has 0 aromatic heterocycles. The molecule has 0 unspecified atom stereocenters. The molecule has 19 heavy (non-hydrogen) atoms. The smallest absolute Gasteiger partial charge is 0.341 e. The third-order valence-electron chi connectivity index (χ3n) is 1.98. The average Bonchev–Trinajstić information content (AvgIpc) is 2.32. The van der Waals surface area contributed by atoms with Gasteiger partial charge in [0.15, 0.2) is 23.3 Å². The van der Waals surface area contributed by atoms with E-state index in [1.807, 2.05) is 0 Å². The number of nitriles is 1. The molecule has 0 saturated carbocycles. The van der Waals surface area contributed by atoms with Gasteiger partial charge in [0.1, 0.15) is 17.7 Å². The molecule has 1 aromatic carbocycles. The molecule has 0 heterocycles. The van der Waals surface area contributed by atoms with Crippen LogP contribution in [0.25, 0.3) is 0 Å². The van der Waals surface area contributed by atoms with Crippen LogP contribution in [0.2, 0.25) is 0 Å². The number of nitrogens with zero attached hydrogens (tertiary/aromatic N) is 1. The molecule has 2 N–H and O–H groups in total. The second-order valence-electron chi connectivity index (χ2n) is 3.19. The summed E-state index contributed by atoms with van der Waals surface area (Å²) in [6, 6.07) is 1.35. The lowest BCUT2D eigenvalue weighted by atomic mass is 10.1. The highest BCUT2D eigenvalue weighted by molar-refractivity contribution is 5.94. The summed E-state index contributed by atoms with van der Waals surface area (Å²) in [5, 5.41) is 18.0. The summed E-state index contributed by atoms with van der Waals surface area (Å²) in [4.78, 5) is 21.4. The number of amides is 1. The van der Waals surface area contributed by atoms with E-state index in [-0.39, 0.29) is 0 Å². The Morgan fingerprint density at radius 2 is 1.58 bits per heavy atom. The van der Waals surface area contributed by atoms with Crippen LogP contribution in [0.15, 0.2) is 0 Å². The fraction of sp³-hybridized carbons (Fsp3) is 0.100.